The lowest BCUT2D eigenvalue weighted by Crippen LogP contribution is -2.34. The van der Waals surface area contributed by atoms with Gasteiger partial charge in [-0.15, -0.1) is 10.2 Å². The molecule has 2 aromatic heterocycles. The van der Waals surface area contributed by atoms with E-state index in [9.17, 15) is 4.79 Å². The van der Waals surface area contributed by atoms with Gasteiger partial charge in [0.15, 0.2) is 0 Å². The maximum absolute atomic E-state index is 11.9. The van der Waals surface area contributed by atoms with Crippen LogP contribution < -0.4 is 5.32 Å². The van der Waals surface area contributed by atoms with Gasteiger partial charge in [-0.05, 0) is 37.8 Å². The van der Waals surface area contributed by atoms with E-state index < -0.39 is 0 Å². The molecule has 0 aliphatic rings. The van der Waals surface area contributed by atoms with Gasteiger partial charge in [0.05, 0.1) is 11.3 Å². The van der Waals surface area contributed by atoms with Gasteiger partial charge >= 0.3 is 0 Å². The molecule has 0 aliphatic carbocycles. The van der Waals surface area contributed by atoms with Crippen LogP contribution in [0, 0.1) is 5.92 Å². The van der Waals surface area contributed by atoms with Crippen molar-refractivity contribution in [2.45, 2.75) is 44.9 Å². The minimum Gasteiger partial charge on any atom is -0.411 e. The number of nitrogens with one attached hydrogen (secondary N) is 1. The van der Waals surface area contributed by atoms with Crippen molar-refractivity contribution in [3.63, 3.8) is 0 Å². The highest BCUT2D eigenvalue weighted by Crippen LogP contribution is 2.22. The number of aromatic nitrogens is 3. The number of hydrogen-bond acceptors (Lipinski definition) is 6. The Kier molecular flexibility index (Phi) is 6.58. The maximum atomic E-state index is 11.9. The molecule has 7 heteroatoms. The number of carbonyl (C=O) groups excluding carboxylic acids is 1. The Morgan fingerprint density at radius 3 is 2.83 bits per heavy atom. The fourth-order valence-electron chi connectivity index (χ4n) is 1.97. The summed E-state index contributed by atoms with van der Waals surface area (Å²) < 4.78 is 5.52. The molecule has 2 rings (SSSR count). The highest BCUT2D eigenvalue weighted by molar-refractivity contribution is 7.99. The smallest absolute Gasteiger partial charge is 0.277 e. The van der Waals surface area contributed by atoms with Gasteiger partial charge in [-0.2, -0.15) is 0 Å². The predicted octanol–water partition coefficient (Wildman–Crippen LogP) is 3.16. The second kappa shape index (κ2) is 8.67. The maximum Gasteiger partial charge on any atom is 0.277 e. The number of rotatable bonds is 8. The lowest BCUT2D eigenvalue weighted by atomic mass is 10.0. The molecular weight excluding hydrogens is 312 g/mol. The Morgan fingerprint density at radius 2 is 2.13 bits per heavy atom. The van der Waals surface area contributed by atoms with E-state index in [0.717, 1.165) is 18.4 Å². The van der Waals surface area contributed by atoms with Gasteiger partial charge in [-0.3, -0.25) is 9.78 Å². The molecule has 0 unspecified atom stereocenters. The first-order valence-corrected chi connectivity index (χ1v) is 8.69. The number of thioether (sulfide) groups is 1. The molecule has 2 heterocycles. The molecule has 0 aliphatic heterocycles. The third-order valence-corrected chi connectivity index (χ3v) is 4.04. The topological polar surface area (TPSA) is 80.9 Å². The first kappa shape index (κ1) is 17.5. The van der Waals surface area contributed by atoms with Gasteiger partial charge in [0.2, 0.25) is 11.8 Å². The van der Waals surface area contributed by atoms with Gasteiger partial charge in [0, 0.05) is 18.4 Å². The van der Waals surface area contributed by atoms with Gasteiger partial charge in [0.25, 0.3) is 5.22 Å². The van der Waals surface area contributed by atoms with Crippen molar-refractivity contribution in [2.24, 2.45) is 5.92 Å². The van der Waals surface area contributed by atoms with Crippen LogP contribution in [0.25, 0.3) is 11.5 Å². The minimum absolute atomic E-state index is 0.0209. The third kappa shape index (κ3) is 6.02. The average Bonchev–Trinajstić information content (AvgIpc) is 3.01. The molecule has 0 fully saturated rings. The number of pyridine rings is 1. The Morgan fingerprint density at radius 1 is 1.30 bits per heavy atom. The molecule has 1 atom stereocenters. The molecule has 0 bridgehead atoms. The zero-order chi connectivity index (χ0) is 16.7. The molecule has 1 amide bonds. The van der Waals surface area contributed by atoms with Crippen molar-refractivity contribution < 1.29 is 9.21 Å². The molecule has 0 saturated heterocycles. The monoisotopic (exact) mass is 334 g/mol. The zero-order valence-corrected chi connectivity index (χ0v) is 14.5. The van der Waals surface area contributed by atoms with Crippen LogP contribution in [0.3, 0.4) is 0 Å². The SMILES string of the molecule is CC(C)CC[C@H](C)NC(=O)CSc1nnc(-c2cccnc2)o1. The summed E-state index contributed by atoms with van der Waals surface area (Å²) in [5, 5.41) is 11.3. The van der Waals surface area contributed by atoms with Crippen LogP contribution in [0.4, 0.5) is 0 Å². The van der Waals surface area contributed by atoms with Crippen molar-refractivity contribution in [1.29, 1.82) is 0 Å². The largest absolute Gasteiger partial charge is 0.411 e. The summed E-state index contributed by atoms with van der Waals surface area (Å²) in [6.45, 7) is 6.39. The summed E-state index contributed by atoms with van der Waals surface area (Å²) in [6, 6.07) is 3.83. The van der Waals surface area contributed by atoms with E-state index in [-0.39, 0.29) is 17.7 Å². The molecular formula is C16H22N4O2S. The van der Waals surface area contributed by atoms with Crippen LogP contribution in [-0.4, -0.2) is 32.9 Å². The van der Waals surface area contributed by atoms with Crippen LogP contribution in [0.1, 0.15) is 33.6 Å². The summed E-state index contributed by atoms with van der Waals surface area (Å²) in [7, 11) is 0. The van der Waals surface area contributed by atoms with E-state index in [2.05, 4.69) is 34.3 Å². The van der Waals surface area contributed by atoms with Crippen LogP contribution in [-0.2, 0) is 4.79 Å². The second-order valence-corrected chi connectivity index (χ2v) is 6.77. The Bertz CT molecular complexity index is 616. The van der Waals surface area contributed by atoms with Crippen LogP contribution in [0.15, 0.2) is 34.2 Å². The Labute approximate surface area is 140 Å². The summed E-state index contributed by atoms with van der Waals surface area (Å²) in [5.41, 5.74) is 0.763. The molecule has 1 N–H and O–H groups in total. The lowest BCUT2D eigenvalue weighted by Gasteiger charge is -2.14. The van der Waals surface area contributed by atoms with Gasteiger partial charge < -0.3 is 9.73 Å². The van der Waals surface area contributed by atoms with Gasteiger partial charge in [0.1, 0.15) is 0 Å². The summed E-state index contributed by atoms with van der Waals surface area (Å²) in [4.78, 5) is 15.9. The van der Waals surface area contributed by atoms with Crippen LogP contribution >= 0.6 is 11.8 Å². The van der Waals surface area contributed by atoms with Crippen molar-refractivity contribution in [2.75, 3.05) is 5.75 Å². The molecule has 2 aromatic rings. The van der Waals surface area contributed by atoms with E-state index in [1.165, 1.54) is 11.8 Å². The van der Waals surface area contributed by atoms with E-state index >= 15 is 0 Å². The zero-order valence-electron chi connectivity index (χ0n) is 13.7. The quantitative estimate of drug-likeness (QED) is 0.747. The Hall–Kier alpha value is -1.89. The van der Waals surface area contributed by atoms with Crippen molar-refractivity contribution >= 4 is 17.7 Å². The Balaban J connectivity index is 1.78. The van der Waals surface area contributed by atoms with Crippen LogP contribution in [0.5, 0.6) is 0 Å². The van der Waals surface area contributed by atoms with Crippen molar-refractivity contribution in [3.8, 4) is 11.5 Å². The number of amides is 1. The number of nitrogens with zero attached hydrogens (tertiary/aromatic N) is 3. The summed E-state index contributed by atoms with van der Waals surface area (Å²) in [6.07, 6.45) is 5.43. The van der Waals surface area contributed by atoms with E-state index in [1.807, 2.05) is 13.0 Å². The minimum atomic E-state index is -0.0209. The molecule has 0 radical (unpaired) electrons. The predicted molar refractivity (Wildman–Crippen MR) is 89.9 cm³/mol. The van der Waals surface area contributed by atoms with E-state index in [1.54, 1.807) is 18.5 Å². The molecule has 0 saturated carbocycles. The average molecular weight is 334 g/mol. The molecule has 0 aromatic carbocycles. The normalized spacial score (nSPS) is 12.3. The van der Waals surface area contributed by atoms with E-state index in [4.69, 9.17) is 4.42 Å². The van der Waals surface area contributed by atoms with Crippen molar-refractivity contribution in [3.05, 3.63) is 24.5 Å². The number of hydrogen-bond donors (Lipinski definition) is 1. The van der Waals surface area contributed by atoms with Crippen LogP contribution in [0.2, 0.25) is 0 Å². The third-order valence-electron chi connectivity index (χ3n) is 3.23. The lowest BCUT2D eigenvalue weighted by molar-refractivity contribution is -0.119. The van der Waals surface area contributed by atoms with Gasteiger partial charge in [-0.1, -0.05) is 25.6 Å². The molecule has 0 spiro atoms. The first-order chi connectivity index (χ1) is 11.0. The number of carbonyl (C=O) groups is 1. The standard InChI is InChI=1S/C16H22N4O2S/c1-11(2)6-7-12(3)18-14(21)10-23-16-20-19-15(22-16)13-5-4-8-17-9-13/h4-5,8-9,11-12H,6-7,10H2,1-3H3,(H,18,21)/t12-/m0/s1. The molecule has 6 nitrogen and oxygen atoms in total. The first-order valence-electron chi connectivity index (χ1n) is 7.70. The second-order valence-electron chi connectivity index (χ2n) is 5.84. The fourth-order valence-corrected chi connectivity index (χ4v) is 2.55. The molecule has 23 heavy (non-hydrogen) atoms. The fraction of sp³-hybridized carbons (Fsp3) is 0.500. The summed E-state index contributed by atoms with van der Waals surface area (Å²) >= 11 is 1.24. The van der Waals surface area contributed by atoms with Crippen molar-refractivity contribution in [1.82, 2.24) is 20.5 Å². The highest BCUT2D eigenvalue weighted by Gasteiger charge is 2.13. The van der Waals surface area contributed by atoms with Gasteiger partial charge in [-0.25, -0.2) is 0 Å². The summed E-state index contributed by atoms with van der Waals surface area (Å²) in [5.74, 6) is 1.30. The van der Waals surface area contributed by atoms with E-state index in [0.29, 0.717) is 17.0 Å². The molecule has 124 valence electrons. The highest BCUT2D eigenvalue weighted by atomic mass is 32.2.